The minimum atomic E-state index is 0.171. The van der Waals surface area contributed by atoms with Crippen molar-refractivity contribution in [3.8, 4) is 0 Å². The van der Waals surface area contributed by atoms with Gasteiger partial charge < -0.3 is 4.52 Å². The summed E-state index contributed by atoms with van der Waals surface area (Å²) in [6.07, 6.45) is 7.93. The smallest absolute Gasteiger partial charge is 0.257 e. The Morgan fingerprint density at radius 3 is 2.17 bits per heavy atom. The van der Waals surface area contributed by atoms with Crippen LogP contribution in [0.1, 0.15) is 44.2 Å². The van der Waals surface area contributed by atoms with Crippen LogP contribution < -0.4 is 11.3 Å². The first-order valence-corrected chi connectivity index (χ1v) is 7.20. The molecule has 0 aromatic carbocycles. The van der Waals surface area contributed by atoms with Crippen LogP contribution in [0, 0.1) is 17.8 Å². The Labute approximate surface area is 111 Å². The van der Waals surface area contributed by atoms with Crippen molar-refractivity contribution in [3.05, 3.63) is 10.7 Å². The van der Waals surface area contributed by atoms with E-state index in [-0.39, 0.29) is 5.41 Å². The summed E-state index contributed by atoms with van der Waals surface area (Å²) < 4.78 is 5.22. The maximum absolute atomic E-state index is 6.36. The lowest BCUT2D eigenvalue weighted by Gasteiger charge is -2.56. The van der Waals surface area contributed by atoms with Crippen LogP contribution in [-0.4, -0.2) is 5.16 Å². The number of rotatable bonds is 2. The van der Waals surface area contributed by atoms with E-state index >= 15 is 0 Å². The molecule has 1 heterocycles. The Morgan fingerprint density at radius 1 is 1.17 bits per heavy atom. The zero-order chi connectivity index (χ0) is 12.3. The van der Waals surface area contributed by atoms with Crippen molar-refractivity contribution in [3.63, 3.8) is 0 Å². The number of aromatic nitrogens is 1. The molecule has 5 rings (SSSR count). The molecule has 0 radical (unpaired) electrons. The van der Waals surface area contributed by atoms with Gasteiger partial charge in [-0.15, -0.1) is 0 Å². The molecule has 4 nitrogen and oxygen atoms in total. The van der Waals surface area contributed by atoms with Gasteiger partial charge in [0.2, 0.25) is 0 Å². The number of nitrogen functional groups attached to an aromatic ring is 1. The first kappa shape index (κ1) is 11.1. The van der Waals surface area contributed by atoms with Gasteiger partial charge in [0.05, 0.1) is 0 Å². The maximum atomic E-state index is 6.36. The predicted octanol–water partition coefficient (Wildman–Crippen LogP) is 3.08. The van der Waals surface area contributed by atoms with E-state index in [1.54, 1.807) is 0 Å². The van der Waals surface area contributed by atoms with E-state index in [1.807, 2.05) is 0 Å². The number of halogens is 1. The highest BCUT2D eigenvalue weighted by atomic mass is 35.5. The number of nitrogens with two attached hydrogens (primary N) is 1. The second-order valence-electron chi connectivity index (χ2n) is 6.52. The molecule has 0 unspecified atom stereocenters. The molecule has 3 N–H and O–H groups in total. The summed E-state index contributed by atoms with van der Waals surface area (Å²) in [5.41, 5.74) is 3.61. The SMILES string of the molecule is NNc1onc(C23CC4CC(CC(C4)C2)C3)c1Cl. The topological polar surface area (TPSA) is 64.1 Å². The highest BCUT2D eigenvalue weighted by Crippen LogP contribution is 2.61. The number of hydrogen-bond acceptors (Lipinski definition) is 4. The molecule has 0 amide bonds. The van der Waals surface area contributed by atoms with Gasteiger partial charge in [-0.1, -0.05) is 16.8 Å². The zero-order valence-electron chi connectivity index (χ0n) is 10.3. The Hall–Kier alpha value is -0.740. The summed E-state index contributed by atoms with van der Waals surface area (Å²) in [5, 5.41) is 4.82. The lowest BCUT2D eigenvalue weighted by molar-refractivity contribution is -0.00840. The van der Waals surface area contributed by atoms with E-state index in [0.29, 0.717) is 10.9 Å². The summed E-state index contributed by atoms with van der Waals surface area (Å²) in [7, 11) is 0. The summed E-state index contributed by atoms with van der Waals surface area (Å²) in [6, 6.07) is 0. The van der Waals surface area contributed by atoms with Gasteiger partial charge in [0.25, 0.3) is 5.88 Å². The minimum Gasteiger partial charge on any atom is -0.336 e. The average Bonchev–Trinajstić information content (AvgIpc) is 2.69. The Kier molecular flexibility index (Phi) is 2.25. The van der Waals surface area contributed by atoms with Crippen LogP contribution >= 0.6 is 11.6 Å². The summed E-state index contributed by atoms with van der Waals surface area (Å²) in [4.78, 5) is 0. The van der Waals surface area contributed by atoms with Crippen LogP contribution in [0.15, 0.2) is 4.52 Å². The van der Waals surface area contributed by atoms with Crippen LogP contribution in [0.25, 0.3) is 0 Å². The maximum Gasteiger partial charge on any atom is 0.257 e. The molecule has 98 valence electrons. The molecule has 1 aromatic heterocycles. The van der Waals surface area contributed by atoms with E-state index in [1.165, 1.54) is 38.5 Å². The van der Waals surface area contributed by atoms with Crippen molar-refractivity contribution in [2.75, 3.05) is 5.43 Å². The van der Waals surface area contributed by atoms with Crippen LogP contribution in [0.3, 0.4) is 0 Å². The molecule has 4 aliphatic carbocycles. The third kappa shape index (κ3) is 1.39. The van der Waals surface area contributed by atoms with E-state index in [2.05, 4.69) is 10.6 Å². The molecule has 0 atom stereocenters. The summed E-state index contributed by atoms with van der Waals surface area (Å²) in [5.74, 6) is 8.41. The van der Waals surface area contributed by atoms with Crippen LogP contribution in [0.4, 0.5) is 5.88 Å². The molecule has 4 fully saturated rings. The quantitative estimate of drug-likeness (QED) is 0.638. The lowest BCUT2D eigenvalue weighted by Crippen LogP contribution is -2.48. The number of nitrogens with zero attached hydrogens (tertiary/aromatic N) is 1. The van der Waals surface area contributed by atoms with Gasteiger partial charge in [-0.2, -0.15) is 0 Å². The fraction of sp³-hybridized carbons (Fsp3) is 0.769. The number of nitrogens with one attached hydrogen (secondary N) is 1. The van der Waals surface area contributed by atoms with Gasteiger partial charge in [0, 0.05) is 5.41 Å². The molecule has 1 aromatic rings. The first-order chi connectivity index (χ1) is 8.70. The second-order valence-corrected chi connectivity index (χ2v) is 6.89. The minimum absolute atomic E-state index is 0.171. The van der Waals surface area contributed by atoms with Crippen LogP contribution in [-0.2, 0) is 5.41 Å². The molecule has 18 heavy (non-hydrogen) atoms. The van der Waals surface area contributed by atoms with Gasteiger partial charge in [0.15, 0.2) is 0 Å². The van der Waals surface area contributed by atoms with Gasteiger partial charge in [-0.25, -0.2) is 5.84 Å². The molecule has 0 saturated heterocycles. The molecular weight excluding hydrogens is 250 g/mol. The van der Waals surface area contributed by atoms with E-state index in [0.717, 1.165) is 23.4 Å². The first-order valence-electron chi connectivity index (χ1n) is 6.82. The van der Waals surface area contributed by atoms with E-state index < -0.39 is 0 Å². The highest BCUT2D eigenvalue weighted by Gasteiger charge is 2.53. The summed E-state index contributed by atoms with van der Waals surface area (Å²) in [6.45, 7) is 0. The molecule has 4 bridgehead atoms. The third-order valence-corrected chi connectivity index (χ3v) is 5.66. The van der Waals surface area contributed by atoms with Gasteiger partial charge >= 0.3 is 0 Å². The molecular formula is C13H18ClN3O. The number of hydrazine groups is 1. The number of hydrogen-bond donors (Lipinski definition) is 2. The van der Waals surface area contributed by atoms with Crippen molar-refractivity contribution in [1.82, 2.24) is 5.16 Å². The fourth-order valence-corrected chi connectivity index (χ4v) is 5.42. The van der Waals surface area contributed by atoms with Gasteiger partial charge in [0.1, 0.15) is 10.7 Å². The van der Waals surface area contributed by atoms with Crippen molar-refractivity contribution in [1.29, 1.82) is 0 Å². The monoisotopic (exact) mass is 267 g/mol. The Balaban J connectivity index is 1.76. The Morgan fingerprint density at radius 2 is 1.72 bits per heavy atom. The number of anilines is 1. The van der Waals surface area contributed by atoms with Crippen LogP contribution in [0.2, 0.25) is 5.02 Å². The Bertz CT molecular complexity index is 449. The second kappa shape index (κ2) is 3.64. The van der Waals surface area contributed by atoms with Crippen molar-refractivity contribution < 1.29 is 4.52 Å². The fourth-order valence-electron chi connectivity index (χ4n) is 5.10. The predicted molar refractivity (Wildman–Crippen MR) is 69.2 cm³/mol. The molecule has 5 heteroatoms. The normalized spacial score (nSPS) is 41.3. The standard InChI is InChI=1S/C13H18ClN3O/c14-10-11(17-18-12(10)16-15)13-4-7-1-8(5-13)3-9(2-7)6-13/h7-9,16H,1-6,15H2. The van der Waals surface area contributed by atoms with Crippen molar-refractivity contribution in [2.45, 2.75) is 43.9 Å². The molecule has 4 aliphatic rings. The third-order valence-electron chi connectivity index (χ3n) is 5.31. The highest BCUT2D eigenvalue weighted by molar-refractivity contribution is 6.33. The molecule has 4 saturated carbocycles. The molecule has 0 spiro atoms. The van der Waals surface area contributed by atoms with Crippen molar-refractivity contribution in [2.24, 2.45) is 23.6 Å². The van der Waals surface area contributed by atoms with Gasteiger partial charge in [-0.3, -0.25) is 5.43 Å². The lowest BCUT2D eigenvalue weighted by atomic mass is 9.49. The van der Waals surface area contributed by atoms with E-state index in [9.17, 15) is 0 Å². The molecule has 0 aliphatic heterocycles. The average molecular weight is 268 g/mol. The van der Waals surface area contributed by atoms with Crippen molar-refractivity contribution >= 4 is 17.5 Å². The zero-order valence-corrected chi connectivity index (χ0v) is 11.0. The van der Waals surface area contributed by atoms with Gasteiger partial charge in [-0.05, 0) is 56.3 Å². The van der Waals surface area contributed by atoms with Crippen LogP contribution in [0.5, 0.6) is 0 Å². The summed E-state index contributed by atoms with van der Waals surface area (Å²) >= 11 is 6.36. The van der Waals surface area contributed by atoms with E-state index in [4.69, 9.17) is 22.0 Å². The largest absolute Gasteiger partial charge is 0.336 e.